The Balaban J connectivity index is 1.26. The van der Waals surface area contributed by atoms with Gasteiger partial charge in [-0.2, -0.15) is 5.10 Å². The normalized spacial score (nSPS) is 18.2. The third-order valence-electron chi connectivity index (χ3n) is 5.36. The molecule has 0 unspecified atom stereocenters. The van der Waals surface area contributed by atoms with Gasteiger partial charge in [0, 0.05) is 63.3 Å². The predicted octanol–water partition coefficient (Wildman–Crippen LogP) is 0.648. The van der Waals surface area contributed by atoms with E-state index in [0.717, 1.165) is 81.2 Å². The fourth-order valence-electron chi connectivity index (χ4n) is 3.77. The molecule has 26 heavy (non-hydrogen) atoms. The van der Waals surface area contributed by atoms with Crippen molar-refractivity contribution in [2.24, 2.45) is 0 Å². The van der Waals surface area contributed by atoms with Gasteiger partial charge in [0.15, 0.2) is 0 Å². The molecular formula is C19H26N6O. The second-order valence-electron chi connectivity index (χ2n) is 7.29. The van der Waals surface area contributed by atoms with Crippen LogP contribution in [0.3, 0.4) is 0 Å². The Hall–Kier alpha value is -2.12. The summed E-state index contributed by atoms with van der Waals surface area (Å²) in [5.41, 5.74) is 3.48. The van der Waals surface area contributed by atoms with Gasteiger partial charge < -0.3 is 0 Å². The molecule has 138 valence electrons. The molecule has 1 aliphatic heterocycles. The van der Waals surface area contributed by atoms with Crippen LogP contribution in [-0.4, -0.2) is 62.3 Å². The van der Waals surface area contributed by atoms with Crippen LogP contribution >= 0.6 is 0 Å². The van der Waals surface area contributed by atoms with E-state index in [9.17, 15) is 4.79 Å². The number of rotatable bonds is 5. The highest BCUT2D eigenvalue weighted by Crippen LogP contribution is 2.17. The number of nitrogens with zero attached hydrogens (tertiary/aromatic N) is 6. The van der Waals surface area contributed by atoms with Gasteiger partial charge >= 0.3 is 0 Å². The Kier molecular flexibility index (Phi) is 5.08. The summed E-state index contributed by atoms with van der Waals surface area (Å²) < 4.78 is 1.65. The maximum Gasteiger partial charge on any atom is 0.267 e. The number of aryl methyl sites for hydroxylation is 3. The number of hydrogen-bond acceptors (Lipinski definition) is 6. The van der Waals surface area contributed by atoms with Gasteiger partial charge in [-0.1, -0.05) is 0 Å². The molecule has 0 bridgehead atoms. The van der Waals surface area contributed by atoms with Crippen molar-refractivity contribution in [3.8, 4) is 0 Å². The van der Waals surface area contributed by atoms with Crippen LogP contribution in [0, 0.1) is 6.92 Å². The zero-order chi connectivity index (χ0) is 17.9. The van der Waals surface area contributed by atoms with Crippen LogP contribution in [0.15, 0.2) is 23.3 Å². The molecule has 2 aromatic rings. The minimum Gasteiger partial charge on any atom is -0.299 e. The number of aromatic nitrogens is 4. The summed E-state index contributed by atoms with van der Waals surface area (Å²) in [6.07, 6.45) is 6.98. The minimum atomic E-state index is 0.0451. The molecule has 1 fully saturated rings. The number of piperazine rings is 1. The molecule has 7 nitrogen and oxygen atoms in total. The van der Waals surface area contributed by atoms with Crippen LogP contribution in [-0.2, 0) is 25.9 Å². The summed E-state index contributed by atoms with van der Waals surface area (Å²) >= 11 is 0. The standard InChI is InChI=1S/C19H26N6O/c1-15-20-12-16(13-21-15)14-24-7-5-23(6-8-24)9-10-25-19(26)11-17-3-2-4-18(17)22-25/h11-13H,2-10,14H2,1H3. The van der Waals surface area contributed by atoms with Crippen LogP contribution in [0.5, 0.6) is 0 Å². The molecule has 0 saturated carbocycles. The minimum absolute atomic E-state index is 0.0451. The summed E-state index contributed by atoms with van der Waals surface area (Å²) in [5, 5.41) is 4.57. The van der Waals surface area contributed by atoms with Crippen LogP contribution in [0.1, 0.15) is 29.1 Å². The Morgan fingerprint density at radius 3 is 2.50 bits per heavy atom. The van der Waals surface area contributed by atoms with Crippen molar-refractivity contribution in [3.05, 3.63) is 51.5 Å². The maximum atomic E-state index is 12.2. The third-order valence-corrected chi connectivity index (χ3v) is 5.36. The lowest BCUT2D eigenvalue weighted by Gasteiger charge is -2.34. The second-order valence-corrected chi connectivity index (χ2v) is 7.29. The van der Waals surface area contributed by atoms with E-state index >= 15 is 0 Å². The van der Waals surface area contributed by atoms with Crippen LogP contribution in [0.2, 0.25) is 0 Å². The van der Waals surface area contributed by atoms with Crippen LogP contribution in [0.25, 0.3) is 0 Å². The molecule has 0 atom stereocenters. The van der Waals surface area contributed by atoms with E-state index in [1.54, 1.807) is 10.7 Å². The highest BCUT2D eigenvalue weighted by atomic mass is 16.1. The second kappa shape index (κ2) is 7.63. The summed E-state index contributed by atoms with van der Waals surface area (Å²) in [7, 11) is 0. The van der Waals surface area contributed by atoms with Crippen molar-refractivity contribution >= 4 is 0 Å². The number of fused-ring (bicyclic) bond motifs is 1. The number of hydrogen-bond donors (Lipinski definition) is 0. The first-order valence-corrected chi connectivity index (χ1v) is 9.49. The molecule has 0 radical (unpaired) electrons. The van der Waals surface area contributed by atoms with Crippen LogP contribution in [0.4, 0.5) is 0 Å². The Morgan fingerprint density at radius 2 is 1.73 bits per heavy atom. The van der Waals surface area contributed by atoms with Gasteiger partial charge in [0.2, 0.25) is 0 Å². The molecule has 4 rings (SSSR count). The van der Waals surface area contributed by atoms with Gasteiger partial charge in [-0.25, -0.2) is 14.6 Å². The first-order valence-electron chi connectivity index (χ1n) is 9.49. The van der Waals surface area contributed by atoms with E-state index in [-0.39, 0.29) is 5.56 Å². The van der Waals surface area contributed by atoms with E-state index in [0.29, 0.717) is 6.54 Å². The molecule has 1 aliphatic carbocycles. The van der Waals surface area contributed by atoms with Crippen molar-refractivity contribution in [3.63, 3.8) is 0 Å². The van der Waals surface area contributed by atoms with Crippen molar-refractivity contribution in [1.29, 1.82) is 0 Å². The van der Waals surface area contributed by atoms with Gasteiger partial charge in [0.25, 0.3) is 5.56 Å². The van der Waals surface area contributed by atoms with Gasteiger partial charge in [-0.15, -0.1) is 0 Å². The molecule has 0 aromatic carbocycles. The zero-order valence-electron chi connectivity index (χ0n) is 15.4. The molecular weight excluding hydrogens is 328 g/mol. The van der Waals surface area contributed by atoms with E-state index < -0.39 is 0 Å². The average Bonchev–Trinajstić information content (AvgIpc) is 3.10. The molecule has 3 heterocycles. The van der Waals surface area contributed by atoms with E-state index in [1.807, 2.05) is 19.3 Å². The smallest absolute Gasteiger partial charge is 0.267 e. The Labute approximate surface area is 153 Å². The fraction of sp³-hybridized carbons (Fsp3) is 0.579. The summed E-state index contributed by atoms with van der Waals surface area (Å²) in [5.74, 6) is 0.814. The van der Waals surface area contributed by atoms with E-state index in [1.165, 1.54) is 0 Å². The van der Waals surface area contributed by atoms with Gasteiger partial charge in [-0.05, 0) is 31.7 Å². The Bertz CT molecular complexity index is 808. The summed E-state index contributed by atoms with van der Waals surface area (Å²) in [6.45, 7) is 8.47. The maximum absolute atomic E-state index is 12.2. The van der Waals surface area contributed by atoms with Gasteiger partial charge in [0.05, 0.1) is 12.2 Å². The topological polar surface area (TPSA) is 67.2 Å². The molecule has 0 N–H and O–H groups in total. The van der Waals surface area contributed by atoms with Crippen molar-refractivity contribution in [2.45, 2.75) is 39.3 Å². The first-order chi connectivity index (χ1) is 12.7. The molecule has 0 amide bonds. The lowest BCUT2D eigenvalue weighted by atomic mass is 10.2. The third kappa shape index (κ3) is 3.99. The molecule has 0 spiro atoms. The van der Waals surface area contributed by atoms with E-state index in [2.05, 4.69) is 24.9 Å². The lowest BCUT2D eigenvalue weighted by molar-refractivity contribution is 0.122. The Morgan fingerprint density at radius 1 is 1.00 bits per heavy atom. The monoisotopic (exact) mass is 354 g/mol. The lowest BCUT2D eigenvalue weighted by Crippen LogP contribution is -2.47. The molecule has 1 saturated heterocycles. The molecule has 7 heteroatoms. The quantitative estimate of drug-likeness (QED) is 0.785. The van der Waals surface area contributed by atoms with Crippen LogP contribution < -0.4 is 5.56 Å². The first kappa shape index (κ1) is 17.3. The summed E-state index contributed by atoms with van der Waals surface area (Å²) in [6, 6.07) is 1.79. The predicted molar refractivity (Wildman–Crippen MR) is 99.0 cm³/mol. The molecule has 2 aromatic heterocycles. The summed E-state index contributed by atoms with van der Waals surface area (Å²) in [4.78, 5) is 25.6. The largest absolute Gasteiger partial charge is 0.299 e. The van der Waals surface area contributed by atoms with E-state index in [4.69, 9.17) is 0 Å². The van der Waals surface area contributed by atoms with Gasteiger partial charge in [-0.3, -0.25) is 14.6 Å². The van der Waals surface area contributed by atoms with Gasteiger partial charge in [0.1, 0.15) is 5.82 Å². The fourth-order valence-corrected chi connectivity index (χ4v) is 3.77. The zero-order valence-corrected chi connectivity index (χ0v) is 15.4. The molecule has 2 aliphatic rings. The SMILES string of the molecule is Cc1ncc(CN2CCN(CCn3nc4c(cc3=O)CCC4)CC2)cn1. The van der Waals surface area contributed by atoms with Crippen molar-refractivity contribution in [1.82, 2.24) is 29.5 Å². The highest BCUT2D eigenvalue weighted by Gasteiger charge is 2.18. The van der Waals surface area contributed by atoms with Crippen molar-refractivity contribution < 1.29 is 0 Å². The average molecular weight is 354 g/mol. The van der Waals surface area contributed by atoms with Crippen molar-refractivity contribution in [2.75, 3.05) is 32.7 Å². The highest BCUT2D eigenvalue weighted by molar-refractivity contribution is 5.22.